The summed E-state index contributed by atoms with van der Waals surface area (Å²) in [5.41, 5.74) is 0. The number of hydrogen-bond donors (Lipinski definition) is 1. The maximum atomic E-state index is 3.66. The van der Waals surface area contributed by atoms with Crippen molar-refractivity contribution in [3.05, 3.63) is 0 Å². The third-order valence-corrected chi connectivity index (χ3v) is 3.51. The van der Waals surface area contributed by atoms with Crippen molar-refractivity contribution in [2.75, 3.05) is 6.54 Å². The standard InChI is InChI=1S/C13H27N/c1-10(2)6-5-7-14-13-8-12(9-13)11(3)4/h10-14H,5-9H2,1-4H3. The molecule has 0 amide bonds. The second-order valence-corrected chi connectivity index (χ2v) is 5.66. The van der Waals surface area contributed by atoms with E-state index in [0.29, 0.717) is 0 Å². The number of rotatable bonds is 6. The van der Waals surface area contributed by atoms with Crippen LogP contribution in [0.4, 0.5) is 0 Å². The molecule has 1 saturated carbocycles. The molecule has 1 aliphatic rings. The van der Waals surface area contributed by atoms with Crippen molar-refractivity contribution in [1.82, 2.24) is 5.32 Å². The molecule has 1 fully saturated rings. The molecule has 0 heterocycles. The zero-order valence-corrected chi connectivity index (χ0v) is 10.3. The van der Waals surface area contributed by atoms with Crippen LogP contribution in [0, 0.1) is 17.8 Å². The maximum absolute atomic E-state index is 3.66. The van der Waals surface area contributed by atoms with Crippen LogP contribution < -0.4 is 5.32 Å². The van der Waals surface area contributed by atoms with Crippen LogP contribution in [-0.4, -0.2) is 12.6 Å². The predicted molar refractivity (Wildman–Crippen MR) is 63.4 cm³/mol. The fraction of sp³-hybridized carbons (Fsp3) is 1.00. The molecule has 84 valence electrons. The van der Waals surface area contributed by atoms with E-state index in [1.807, 2.05) is 0 Å². The molecular weight excluding hydrogens is 170 g/mol. The van der Waals surface area contributed by atoms with Crippen LogP contribution in [0.25, 0.3) is 0 Å². The Hall–Kier alpha value is -0.0400. The van der Waals surface area contributed by atoms with Gasteiger partial charge in [0.1, 0.15) is 0 Å². The van der Waals surface area contributed by atoms with Crippen LogP contribution in [0.3, 0.4) is 0 Å². The topological polar surface area (TPSA) is 12.0 Å². The summed E-state index contributed by atoms with van der Waals surface area (Å²) in [6, 6.07) is 0.842. The van der Waals surface area contributed by atoms with E-state index in [9.17, 15) is 0 Å². The largest absolute Gasteiger partial charge is 0.314 e. The average molecular weight is 197 g/mol. The van der Waals surface area contributed by atoms with Gasteiger partial charge in [0, 0.05) is 6.04 Å². The minimum absolute atomic E-state index is 0.842. The monoisotopic (exact) mass is 197 g/mol. The summed E-state index contributed by atoms with van der Waals surface area (Å²) in [4.78, 5) is 0. The second kappa shape index (κ2) is 5.75. The van der Waals surface area contributed by atoms with E-state index in [1.54, 1.807) is 0 Å². The smallest absolute Gasteiger partial charge is 0.00725 e. The molecule has 1 rings (SSSR count). The summed E-state index contributed by atoms with van der Waals surface area (Å²) in [7, 11) is 0. The fourth-order valence-corrected chi connectivity index (χ4v) is 2.19. The molecule has 0 bridgehead atoms. The molecule has 0 aromatic rings. The van der Waals surface area contributed by atoms with E-state index in [2.05, 4.69) is 33.0 Å². The number of nitrogens with one attached hydrogen (secondary N) is 1. The third kappa shape index (κ3) is 4.00. The molecule has 0 saturated heterocycles. The summed E-state index contributed by atoms with van der Waals surface area (Å²) in [5, 5.41) is 3.66. The molecule has 0 radical (unpaired) electrons. The summed E-state index contributed by atoms with van der Waals surface area (Å²) in [6.45, 7) is 10.5. The lowest BCUT2D eigenvalue weighted by atomic mass is 9.73. The van der Waals surface area contributed by atoms with Gasteiger partial charge in [-0.15, -0.1) is 0 Å². The zero-order chi connectivity index (χ0) is 10.6. The molecule has 1 N–H and O–H groups in total. The first-order valence-electron chi connectivity index (χ1n) is 6.33. The molecule has 1 heteroatoms. The first kappa shape index (κ1) is 12.0. The molecule has 14 heavy (non-hydrogen) atoms. The molecule has 0 aliphatic heterocycles. The van der Waals surface area contributed by atoms with Crippen molar-refractivity contribution in [2.45, 2.75) is 59.4 Å². The lowest BCUT2D eigenvalue weighted by Gasteiger charge is -2.38. The Kier molecular flexibility index (Phi) is 4.94. The summed E-state index contributed by atoms with van der Waals surface area (Å²) in [5.74, 6) is 2.75. The van der Waals surface area contributed by atoms with Gasteiger partial charge in [0.15, 0.2) is 0 Å². The molecule has 0 aromatic heterocycles. The van der Waals surface area contributed by atoms with Crippen molar-refractivity contribution in [3.63, 3.8) is 0 Å². The van der Waals surface area contributed by atoms with Crippen molar-refractivity contribution in [2.24, 2.45) is 17.8 Å². The molecule has 1 nitrogen and oxygen atoms in total. The lowest BCUT2D eigenvalue weighted by Crippen LogP contribution is -2.43. The Morgan fingerprint density at radius 2 is 1.79 bits per heavy atom. The quantitative estimate of drug-likeness (QED) is 0.643. The van der Waals surface area contributed by atoms with Crippen LogP contribution >= 0.6 is 0 Å². The van der Waals surface area contributed by atoms with Crippen molar-refractivity contribution in [1.29, 1.82) is 0 Å². The van der Waals surface area contributed by atoms with Crippen LogP contribution in [0.15, 0.2) is 0 Å². The molecule has 0 aromatic carbocycles. The van der Waals surface area contributed by atoms with Gasteiger partial charge in [-0.3, -0.25) is 0 Å². The van der Waals surface area contributed by atoms with Crippen LogP contribution in [0.5, 0.6) is 0 Å². The van der Waals surface area contributed by atoms with Gasteiger partial charge in [0.2, 0.25) is 0 Å². The van der Waals surface area contributed by atoms with Crippen LogP contribution in [-0.2, 0) is 0 Å². The second-order valence-electron chi connectivity index (χ2n) is 5.66. The van der Waals surface area contributed by atoms with Gasteiger partial charge < -0.3 is 5.32 Å². The molecular formula is C13H27N. The van der Waals surface area contributed by atoms with E-state index in [4.69, 9.17) is 0 Å². The van der Waals surface area contributed by atoms with Gasteiger partial charge in [-0.05, 0) is 50.0 Å². The van der Waals surface area contributed by atoms with E-state index in [1.165, 1.54) is 32.2 Å². The molecule has 1 aliphatic carbocycles. The first-order chi connectivity index (χ1) is 6.59. The summed E-state index contributed by atoms with van der Waals surface area (Å²) in [6.07, 6.45) is 5.55. The highest BCUT2D eigenvalue weighted by molar-refractivity contribution is 4.86. The van der Waals surface area contributed by atoms with Gasteiger partial charge in [-0.25, -0.2) is 0 Å². The maximum Gasteiger partial charge on any atom is 0.00725 e. The minimum Gasteiger partial charge on any atom is -0.314 e. The van der Waals surface area contributed by atoms with Gasteiger partial charge >= 0.3 is 0 Å². The molecule has 0 unspecified atom stereocenters. The molecule has 0 spiro atoms. The van der Waals surface area contributed by atoms with Gasteiger partial charge in [-0.2, -0.15) is 0 Å². The Labute approximate surface area is 89.7 Å². The highest BCUT2D eigenvalue weighted by atomic mass is 14.9. The third-order valence-electron chi connectivity index (χ3n) is 3.51. The zero-order valence-electron chi connectivity index (χ0n) is 10.3. The van der Waals surface area contributed by atoms with E-state index >= 15 is 0 Å². The normalized spacial score (nSPS) is 27.0. The van der Waals surface area contributed by atoms with Gasteiger partial charge in [-0.1, -0.05) is 27.7 Å². The van der Waals surface area contributed by atoms with Gasteiger partial charge in [0.05, 0.1) is 0 Å². The summed E-state index contributed by atoms with van der Waals surface area (Å²) < 4.78 is 0. The molecule has 0 atom stereocenters. The highest BCUT2D eigenvalue weighted by Gasteiger charge is 2.30. The van der Waals surface area contributed by atoms with Crippen LogP contribution in [0.1, 0.15) is 53.4 Å². The Morgan fingerprint density at radius 1 is 1.14 bits per heavy atom. The first-order valence-corrected chi connectivity index (χ1v) is 6.33. The van der Waals surface area contributed by atoms with Crippen LogP contribution in [0.2, 0.25) is 0 Å². The number of hydrogen-bond acceptors (Lipinski definition) is 1. The fourth-order valence-electron chi connectivity index (χ4n) is 2.19. The predicted octanol–water partition coefficient (Wildman–Crippen LogP) is 3.45. The van der Waals surface area contributed by atoms with Crippen molar-refractivity contribution < 1.29 is 0 Å². The van der Waals surface area contributed by atoms with E-state index < -0.39 is 0 Å². The Morgan fingerprint density at radius 3 is 2.29 bits per heavy atom. The highest BCUT2D eigenvalue weighted by Crippen LogP contribution is 2.33. The van der Waals surface area contributed by atoms with E-state index in [0.717, 1.165) is 23.8 Å². The Bertz CT molecular complexity index is 145. The Balaban J connectivity index is 1.91. The SMILES string of the molecule is CC(C)CCCNC1CC(C(C)C)C1. The summed E-state index contributed by atoms with van der Waals surface area (Å²) >= 11 is 0. The van der Waals surface area contributed by atoms with Crippen molar-refractivity contribution >= 4 is 0 Å². The lowest BCUT2D eigenvalue weighted by molar-refractivity contribution is 0.168. The van der Waals surface area contributed by atoms with Crippen molar-refractivity contribution in [3.8, 4) is 0 Å². The average Bonchev–Trinajstić information content (AvgIpc) is 1.98. The minimum atomic E-state index is 0.842. The van der Waals surface area contributed by atoms with Gasteiger partial charge in [0.25, 0.3) is 0 Å². The van der Waals surface area contributed by atoms with E-state index in [-0.39, 0.29) is 0 Å².